The SMILES string of the molecule is CC(=O)OC(CC(C(C)C)N(C)C(=O)CC(C)C)c1nc(C(=O)NC(Cc2ccc(F)cc2)CC(C)C(=O)O)cs1. The monoisotopic (exact) mass is 591 g/mol. The van der Waals surface area contributed by atoms with Gasteiger partial charge in [-0.15, -0.1) is 11.3 Å². The zero-order chi connectivity index (χ0) is 30.9. The molecule has 0 spiro atoms. The number of aromatic nitrogens is 1. The summed E-state index contributed by atoms with van der Waals surface area (Å²) in [5.74, 6) is -2.82. The highest BCUT2D eigenvalue weighted by Gasteiger charge is 2.31. The van der Waals surface area contributed by atoms with Crippen LogP contribution in [0.2, 0.25) is 0 Å². The van der Waals surface area contributed by atoms with Crippen molar-refractivity contribution in [1.29, 1.82) is 0 Å². The molecule has 0 aliphatic rings. The first-order valence-electron chi connectivity index (χ1n) is 13.8. The summed E-state index contributed by atoms with van der Waals surface area (Å²) in [5.41, 5.74) is 0.860. The number of nitrogens with zero attached hydrogens (tertiary/aromatic N) is 2. The number of thiazole rings is 1. The number of nitrogens with one attached hydrogen (secondary N) is 1. The number of carbonyl (C=O) groups is 4. The molecule has 2 amide bonds. The second-order valence-electron chi connectivity index (χ2n) is 11.3. The van der Waals surface area contributed by atoms with Gasteiger partial charge < -0.3 is 20.1 Å². The van der Waals surface area contributed by atoms with Crippen LogP contribution < -0.4 is 5.32 Å². The van der Waals surface area contributed by atoms with Crippen molar-refractivity contribution in [3.8, 4) is 0 Å². The molecule has 0 radical (unpaired) electrons. The first-order chi connectivity index (χ1) is 19.2. The molecule has 4 unspecified atom stereocenters. The Bertz CT molecular complexity index is 1180. The topological polar surface area (TPSA) is 126 Å². The van der Waals surface area contributed by atoms with Crippen LogP contribution in [0, 0.1) is 23.6 Å². The van der Waals surface area contributed by atoms with E-state index in [1.165, 1.54) is 30.4 Å². The van der Waals surface area contributed by atoms with Crippen LogP contribution in [0.5, 0.6) is 0 Å². The molecule has 0 fully saturated rings. The van der Waals surface area contributed by atoms with E-state index in [9.17, 15) is 28.7 Å². The van der Waals surface area contributed by atoms with E-state index in [0.717, 1.165) is 5.56 Å². The Morgan fingerprint density at radius 1 is 1.07 bits per heavy atom. The Labute approximate surface area is 245 Å². The number of hydrogen-bond donors (Lipinski definition) is 2. The lowest BCUT2D eigenvalue weighted by Gasteiger charge is -2.34. The van der Waals surface area contributed by atoms with Crippen LogP contribution >= 0.6 is 11.3 Å². The Morgan fingerprint density at radius 2 is 1.71 bits per heavy atom. The van der Waals surface area contributed by atoms with Crippen molar-refractivity contribution < 1.29 is 33.4 Å². The minimum atomic E-state index is -0.986. The maximum atomic E-state index is 13.4. The summed E-state index contributed by atoms with van der Waals surface area (Å²) in [6, 6.07) is 5.05. The molecule has 2 aromatic rings. The second-order valence-corrected chi connectivity index (χ2v) is 12.2. The van der Waals surface area contributed by atoms with E-state index in [2.05, 4.69) is 10.3 Å². The third-order valence-corrected chi connectivity index (χ3v) is 7.76. The quantitative estimate of drug-likeness (QED) is 0.271. The van der Waals surface area contributed by atoms with Crippen molar-refractivity contribution in [2.75, 3.05) is 7.05 Å². The van der Waals surface area contributed by atoms with Gasteiger partial charge in [0.1, 0.15) is 16.5 Å². The van der Waals surface area contributed by atoms with Gasteiger partial charge in [0.2, 0.25) is 5.91 Å². The Balaban J connectivity index is 2.25. The average Bonchev–Trinajstić information content (AvgIpc) is 3.37. The summed E-state index contributed by atoms with van der Waals surface area (Å²) < 4.78 is 19.0. The standard InChI is InChI=1S/C30H42FN3O6S/c1-17(2)12-27(36)34(7)25(18(3)4)15-26(40-20(6)35)29-33-24(16-41-29)28(37)32-23(13-19(5)30(38)39)14-21-8-10-22(31)11-9-21/h8-11,16-19,23,25-26H,12-15H2,1-7H3,(H,32,37)(H,38,39). The maximum absolute atomic E-state index is 13.4. The lowest BCUT2D eigenvalue weighted by Crippen LogP contribution is -2.42. The largest absolute Gasteiger partial charge is 0.481 e. The number of carboxylic acid groups (broad SMARTS) is 1. The minimum Gasteiger partial charge on any atom is -0.481 e. The number of esters is 1. The van der Waals surface area contributed by atoms with Gasteiger partial charge in [-0.2, -0.15) is 0 Å². The molecule has 1 heterocycles. The van der Waals surface area contributed by atoms with Gasteiger partial charge in [-0.25, -0.2) is 9.37 Å². The molecular weight excluding hydrogens is 549 g/mol. The van der Waals surface area contributed by atoms with Crippen LogP contribution in [0.15, 0.2) is 29.6 Å². The summed E-state index contributed by atoms with van der Waals surface area (Å²) >= 11 is 1.18. The van der Waals surface area contributed by atoms with Gasteiger partial charge in [-0.1, -0.05) is 46.8 Å². The number of rotatable bonds is 15. The third-order valence-electron chi connectivity index (χ3n) is 6.83. The summed E-state index contributed by atoms with van der Waals surface area (Å²) in [4.78, 5) is 55.7. The average molecular weight is 592 g/mol. The minimum absolute atomic E-state index is 0.00210. The molecule has 1 aromatic heterocycles. The smallest absolute Gasteiger partial charge is 0.306 e. The number of carboxylic acids is 1. The van der Waals surface area contributed by atoms with Crippen LogP contribution in [0.25, 0.3) is 0 Å². The van der Waals surface area contributed by atoms with Crippen molar-refractivity contribution in [3.63, 3.8) is 0 Å². The Hall–Kier alpha value is -3.34. The number of ether oxygens (including phenoxy) is 1. The van der Waals surface area contributed by atoms with Crippen molar-refractivity contribution in [2.24, 2.45) is 17.8 Å². The van der Waals surface area contributed by atoms with Crippen LogP contribution in [-0.2, 0) is 25.5 Å². The highest BCUT2D eigenvalue weighted by atomic mass is 32.1. The van der Waals surface area contributed by atoms with E-state index in [-0.39, 0.29) is 41.7 Å². The summed E-state index contributed by atoms with van der Waals surface area (Å²) in [6.07, 6.45) is 0.430. The van der Waals surface area contributed by atoms with Gasteiger partial charge in [0.15, 0.2) is 6.10 Å². The van der Waals surface area contributed by atoms with Gasteiger partial charge in [-0.3, -0.25) is 19.2 Å². The van der Waals surface area contributed by atoms with Gasteiger partial charge in [0.25, 0.3) is 5.91 Å². The molecule has 0 aliphatic carbocycles. The van der Waals surface area contributed by atoms with E-state index < -0.39 is 35.9 Å². The van der Waals surface area contributed by atoms with Crippen molar-refractivity contribution in [1.82, 2.24) is 15.2 Å². The molecule has 0 bridgehead atoms. The summed E-state index contributed by atoms with van der Waals surface area (Å²) in [6.45, 7) is 10.8. The fourth-order valence-corrected chi connectivity index (χ4v) is 5.44. The van der Waals surface area contributed by atoms with Crippen molar-refractivity contribution in [2.45, 2.75) is 85.4 Å². The van der Waals surface area contributed by atoms with Crippen LogP contribution in [0.4, 0.5) is 4.39 Å². The predicted molar refractivity (Wildman–Crippen MR) is 155 cm³/mol. The predicted octanol–water partition coefficient (Wildman–Crippen LogP) is 5.26. The second kappa shape index (κ2) is 15.6. The molecule has 2 N–H and O–H groups in total. The summed E-state index contributed by atoms with van der Waals surface area (Å²) in [5, 5.41) is 14.3. The fourth-order valence-electron chi connectivity index (χ4n) is 4.60. The van der Waals surface area contributed by atoms with Gasteiger partial charge in [-0.05, 0) is 42.4 Å². The maximum Gasteiger partial charge on any atom is 0.306 e. The van der Waals surface area contributed by atoms with Gasteiger partial charge in [0, 0.05) is 44.3 Å². The molecular formula is C30H42FN3O6S. The molecule has 11 heteroatoms. The van der Waals surface area contributed by atoms with Gasteiger partial charge in [0.05, 0.1) is 5.92 Å². The number of amides is 2. The van der Waals surface area contributed by atoms with E-state index in [1.807, 2.05) is 27.7 Å². The number of aliphatic carboxylic acids is 1. The molecule has 9 nitrogen and oxygen atoms in total. The summed E-state index contributed by atoms with van der Waals surface area (Å²) in [7, 11) is 1.75. The Morgan fingerprint density at radius 3 is 2.24 bits per heavy atom. The molecule has 41 heavy (non-hydrogen) atoms. The first-order valence-corrected chi connectivity index (χ1v) is 14.7. The molecule has 2 rings (SSSR count). The van der Waals surface area contributed by atoms with E-state index in [4.69, 9.17) is 4.74 Å². The zero-order valence-corrected chi connectivity index (χ0v) is 25.7. The number of carbonyl (C=O) groups excluding carboxylic acids is 3. The van der Waals surface area contributed by atoms with E-state index in [1.54, 1.807) is 36.4 Å². The van der Waals surface area contributed by atoms with E-state index >= 15 is 0 Å². The normalized spacial score (nSPS) is 14.3. The Kier molecular flexibility index (Phi) is 12.9. The number of halogens is 1. The molecule has 1 aromatic carbocycles. The van der Waals surface area contributed by atoms with Crippen molar-refractivity contribution in [3.05, 3.63) is 51.7 Å². The fraction of sp³-hybridized carbons (Fsp3) is 0.567. The first kappa shape index (κ1) is 33.9. The lowest BCUT2D eigenvalue weighted by atomic mass is 9.95. The van der Waals surface area contributed by atoms with Crippen molar-refractivity contribution >= 4 is 35.1 Å². The highest BCUT2D eigenvalue weighted by Crippen LogP contribution is 2.31. The molecule has 0 aliphatic heterocycles. The van der Waals surface area contributed by atoms with Crippen LogP contribution in [-0.4, -0.2) is 57.9 Å². The molecule has 0 saturated carbocycles. The number of benzene rings is 1. The van der Waals surface area contributed by atoms with Crippen LogP contribution in [0.1, 0.15) is 88.0 Å². The molecule has 0 saturated heterocycles. The van der Waals surface area contributed by atoms with Crippen LogP contribution in [0.3, 0.4) is 0 Å². The lowest BCUT2D eigenvalue weighted by molar-refractivity contribution is -0.148. The van der Waals surface area contributed by atoms with Gasteiger partial charge >= 0.3 is 11.9 Å². The van der Waals surface area contributed by atoms with E-state index in [0.29, 0.717) is 24.3 Å². The number of hydrogen-bond acceptors (Lipinski definition) is 7. The zero-order valence-electron chi connectivity index (χ0n) is 24.8. The third kappa shape index (κ3) is 10.9. The molecule has 4 atom stereocenters. The molecule has 226 valence electrons. The highest BCUT2D eigenvalue weighted by molar-refractivity contribution is 7.09.